The number of nitrogens with zero attached hydrogens (tertiary/aromatic N) is 1. The number of rotatable bonds is 9. The Kier molecular flexibility index (Phi) is 7.99. The second kappa shape index (κ2) is 11.5. The fourth-order valence-corrected chi connectivity index (χ4v) is 4.28. The highest BCUT2D eigenvalue weighted by Gasteiger charge is 2.31. The van der Waals surface area contributed by atoms with Gasteiger partial charge in [-0.3, -0.25) is 0 Å². The molecule has 1 aliphatic rings. The minimum Gasteiger partial charge on any atom is -0.494 e. The lowest BCUT2D eigenvalue weighted by Crippen LogP contribution is -2.22. The van der Waals surface area contributed by atoms with Crippen LogP contribution < -0.4 is 24.7 Å². The number of nitrogens with two attached hydrogens (primary N) is 1. The van der Waals surface area contributed by atoms with E-state index >= 15 is 0 Å². The molecule has 1 heterocycles. The summed E-state index contributed by atoms with van der Waals surface area (Å²) in [5, 5.41) is 9.84. The Morgan fingerprint density at radius 3 is 2.51 bits per heavy atom. The second-order valence-corrected chi connectivity index (χ2v) is 8.88. The molecule has 1 atom stereocenters. The Morgan fingerprint density at radius 1 is 1.03 bits per heavy atom. The first-order valence-electron chi connectivity index (χ1n) is 12.2. The third kappa shape index (κ3) is 5.87. The highest BCUT2D eigenvalue weighted by atomic mass is 16.6. The zero-order valence-corrected chi connectivity index (χ0v) is 21.2. The van der Waals surface area contributed by atoms with E-state index in [9.17, 15) is 10.1 Å². The number of carbonyl (C=O) groups is 1. The molecule has 0 bridgehead atoms. The van der Waals surface area contributed by atoms with E-state index in [0.29, 0.717) is 23.7 Å². The topological polar surface area (TPSA) is 104 Å². The van der Waals surface area contributed by atoms with E-state index in [4.69, 9.17) is 24.7 Å². The van der Waals surface area contributed by atoms with Crippen LogP contribution in [0.25, 0.3) is 0 Å². The summed E-state index contributed by atoms with van der Waals surface area (Å²) in [5.74, 6) is 1.12. The van der Waals surface area contributed by atoms with Gasteiger partial charge < -0.3 is 24.7 Å². The molecule has 2 N–H and O–H groups in total. The molecule has 0 radical (unpaired) electrons. The Morgan fingerprint density at radius 2 is 1.78 bits per heavy atom. The third-order valence-electron chi connectivity index (χ3n) is 6.12. The highest BCUT2D eigenvalue weighted by Crippen LogP contribution is 2.44. The molecule has 0 spiro atoms. The van der Waals surface area contributed by atoms with Crippen LogP contribution in [0.3, 0.4) is 0 Å². The Hall–Kier alpha value is -4.44. The number of nitriles is 1. The fraction of sp³-hybridized carbons (Fsp3) is 0.267. The van der Waals surface area contributed by atoms with Gasteiger partial charge in [0.05, 0.1) is 12.5 Å². The number of esters is 1. The minimum absolute atomic E-state index is 0.0131. The molecule has 0 fully saturated rings. The van der Waals surface area contributed by atoms with Crippen LogP contribution in [0, 0.1) is 25.2 Å². The van der Waals surface area contributed by atoms with Crippen molar-refractivity contribution in [2.45, 2.75) is 39.5 Å². The van der Waals surface area contributed by atoms with E-state index in [1.54, 1.807) is 18.2 Å². The fourth-order valence-electron chi connectivity index (χ4n) is 4.28. The van der Waals surface area contributed by atoms with Crippen molar-refractivity contribution in [3.8, 4) is 29.1 Å². The Labute approximate surface area is 217 Å². The molecular formula is C30H30N2O5. The predicted octanol–water partition coefficient (Wildman–Crippen LogP) is 5.68. The van der Waals surface area contributed by atoms with Gasteiger partial charge in [-0.2, -0.15) is 5.26 Å². The number of unbranched alkanes of at least 4 members (excludes halogenated alkanes) is 1. The summed E-state index contributed by atoms with van der Waals surface area (Å²) in [6.07, 6.45) is 1.99. The van der Waals surface area contributed by atoms with Gasteiger partial charge in [0.2, 0.25) is 5.88 Å². The Bertz CT molecular complexity index is 1350. The van der Waals surface area contributed by atoms with Gasteiger partial charge in [-0.25, -0.2) is 4.79 Å². The molecule has 0 aliphatic carbocycles. The zero-order valence-electron chi connectivity index (χ0n) is 21.2. The summed E-state index contributed by atoms with van der Waals surface area (Å²) in [6.45, 7) is 6.33. The van der Waals surface area contributed by atoms with Crippen molar-refractivity contribution < 1.29 is 23.7 Å². The van der Waals surface area contributed by atoms with Crippen LogP contribution in [0.5, 0.6) is 23.0 Å². The summed E-state index contributed by atoms with van der Waals surface area (Å²) in [5.41, 5.74) is 9.92. The van der Waals surface area contributed by atoms with Crippen LogP contribution in [-0.2, 0) is 4.79 Å². The van der Waals surface area contributed by atoms with E-state index < -0.39 is 11.9 Å². The third-order valence-corrected chi connectivity index (χ3v) is 6.12. The lowest BCUT2D eigenvalue weighted by atomic mass is 9.83. The van der Waals surface area contributed by atoms with Crippen LogP contribution in [-0.4, -0.2) is 19.2 Å². The number of ether oxygens (including phenoxy) is 4. The number of benzene rings is 3. The Balaban J connectivity index is 1.54. The van der Waals surface area contributed by atoms with Crippen molar-refractivity contribution in [1.82, 2.24) is 0 Å². The zero-order chi connectivity index (χ0) is 26.4. The maximum atomic E-state index is 12.5. The molecule has 190 valence electrons. The molecular weight excluding hydrogens is 468 g/mol. The summed E-state index contributed by atoms with van der Waals surface area (Å²) in [4.78, 5) is 12.5. The molecule has 3 aromatic carbocycles. The van der Waals surface area contributed by atoms with Crippen molar-refractivity contribution in [2.75, 3.05) is 13.2 Å². The molecule has 3 aromatic rings. The quantitative estimate of drug-likeness (QED) is 0.230. The van der Waals surface area contributed by atoms with Gasteiger partial charge in [0, 0.05) is 11.6 Å². The molecule has 7 heteroatoms. The summed E-state index contributed by atoms with van der Waals surface area (Å²) >= 11 is 0. The smallest absolute Gasteiger partial charge is 0.349 e. The van der Waals surface area contributed by atoms with Gasteiger partial charge in [0.1, 0.15) is 34.6 Å². The number of hydrogen-bond acceptors (Lipinski definition) is 7. The normalized spacial score (nSPS) is 14.3. The first kappa shape index (κ1) is 25.6. The van der Waals surface area contributed by atoms with Gasteiger partial charge in [0.25, 0.3) is 0 Å². The average molecular weight is 499 g/mol. The first-order valence-corrected chi connectivity index (χ1v) is 12.2. The largest absolute Gasteiger partial charge is 0.494 e. The number of hydrogen-bond donors (Lipinski definition) is 1. The lowest BCUT2D eigenvalue weighted by molar-refractivity contribution is -0.136. The van der Waals surface area contributed by atoms with Crippen molar-refractivity contribution in [3.63, 3.8) is 0 Å². The highest BCUT2D eigenvalue weighted by molar-refractivity contribution is 5.74. The number of para-hydroxylation sites is 1. The van der Waals surface area contributed by atoms with E-state index in [1.165, 1.54) is 0 Å². The number of allylic oxidation sites excluding steroid dienone is 1. The predicted molar refractivity (Wildman–Crippen MR) is 140 cm³/mol. The van der Waals surface area contributed by atoms with Gasteiger partial charge >= 0.3 is 5.97 Å². The van der Waals surface area contributed by atoms with E-state index in [2.05, 4.69) is 13.0 Å². The van der Waals surface area contributed by atoms with E-state index in [1.807, 2.05) is 56.3 Å². The van der Waals surface area contributed by atoms with Gasteiger partial charge in [-0.15, -0.1) is 0 Å². The maximum Gasteiger partial charge on any atom is 0.349 e. The molecule has 0 saturated carbocycles. The molecule has 1 unspecified atom stereocenters. The molecule has 1 aliphatic heterocycles. The van der Waals surface area contributed by atoms with Gasteiger partial charge in [-0.1, -0.05) is 49.7 Å². The van der Waals surface area contributed by atoms with Crippen LogP contribution in [0.15, 0.2) is 72.1 Å². The van der Waals surface area contributed by atoms with Gasteiger partial charge in [0.15, 0.2) is 6.61 Å². The number of fused-ring (bicyclic) bond motifs is 1. The second-order valence-electron chi connectivity index (χ2n) is 8.88. The van der Waals surface area contributed by atoms with Crippen molar-refractivity contribution in [1.29, 1.82) is 5.26 Å². The van der Waals surface area contributed by atoms with Crippen molar-refractivity contribution in [2.24, 2.45) is 5.73 Å². The van der Waals surface area contributed by atoms with Crippen LogP contribution >= 0.6 is 0 Å². The number of carbonyl (C=O) groups excluding carboxylic acids is 1. The summed E-state index contributed by atoms with van der Waals surface area (Å²) < 4.78 is 22.8. The SMILES string of the molecule is CCCCOc1cccc(C2C(C#N)=C(N)Oc3cc(OC(=O)COc4c(C)cccc4C)ccc32)c1. The molecule has 7 nitrogen and oxygen atoms in total. The van der Waals surface area contributed by atoms with E-state index in [-0.39, 0.29) is 18.2 Å². The summed E-state index contributed by atoms with van der Waals surface area (Å²) in [6, 6.07) is 20.6. The average Bonchev–Trinajstić information content (AvgIpc) is 2.88. The molecule has 37 heavy (non-hydrogen) atoms. The first-order chi connectivity index (χ1) is 17.9. The lowest BCUT2D eigenvalue weighted by Gasteiger charge is -2.27. The molecule has 0 saturated heterocycles. The number of aryl methyl sites for hydroxylation is 2. The minimum atomic E-state index is -0.548. The summed E-state index contributed by atoms with van der Waals surface area (Å²) in [7, 11) is 0. The van der Waals surface area contributed by atoms with Crippen molar-refractivity contribution >= 4 is 5.97 Å². The van der Waals surface area contributed by atoms with Crippen molar-refractivity contribution in [3.05, 3.63) is 94.4 Å². The maximum absolute atomic E-state index is 12.5. The molecule has 0 amide bonds. The van der Waals surface area contributed by atoms with E-state index in [0.717, 1.165) is 40.8 Å². The monoisotopic (exact) mass is 498 g/mol. The van der Waals surface area contributed by atoms with Crippen LogP contribution in [0.1, 0.15) is 47.9 Å². The standard InChI is InChI=1S/C30H30N2O5/c1-4-5-14-34-22-11-7-10-21(15-22)28-24-13-12-23(16-26(24)37-30(32)25(28)17-31)36-27(33)18-35-29-19(2)8-6-9-20(29)3/h6-13,15-16,28H,4-5,14,18,32H2,1-3H3. The van der Waals surface area contributed by atoms with Crippen LogP contribution in [0.2, 0.25) is 0 Å². The molecule has 4 rings (SSSR count). The molecule has 0 aromatic heterocycles. The van der Waals surface area contributed by atoms with Crippen LogP contribution in [0.4, 0.5) is 0 Å². The van der Waals surface area contributed by atoms with Gasteiger partial charge in [-0.05, 0) is 55.2 Å².